The van der Waals surface area contributed by atoms with Crippen molar-refractivity contribution < 1.29 is 14.0 Å². The van der Waals surface area contributed by atoms with Gasteiger partial charge in [-0.1, -0.05) is 6.07 Å². The van der Waals surface area contributed by atoms with Crippen molar-refractivity contribution in [3.05, 3.63) is 53.7 Å². The van der Waals surface area contributed by atoms with Gasteiger partial charge in [-0.2, -0.15) is 0 Å². The average molecular weight is 411 g/mol. The third kappa shape index (κ3) is 4.73. The first-order chi connectivity index (χ1) is 14.6. The molecule has 4 heterocycles. The number of carbonyl (C=O) groups is 2. The van der Waals surface area contributed by atoms with Gasteiger partial charge in [0.2, 0.25) is 5.91 Å². The molecule has 160 valence electrons. The first kappa shape index (κ1) is 20.6. The number of hydrogen-bond acceptors (Lipinski definition) is 5. The summed E-state index contributed by atoms with van der Waals surface area (Å²) in [4.78, 5) is 34.0. The van der Waals surface area contributed by atoms with Gasteiger partial charge in [-0.05, 0) is 57.4 Å². The molecule has 0 spiro atoms. The minimum atomic E-state index is 0.0238. The molecule has 7 heteroatoms. The molecule has 1 N–H and O–H groups in total. The Morgan fingerprint density at radius 2 is 2.00 bits per heavy atom. The number of hydrogen-bond donors (Lipinski definition) is 1. The highest BCUT2D eigenvalue weighted by atomic mass is 16.3. The zero-order valence-electron chi connectivity index (χ0n) is 17.5. The third-order valence-electron chi connectivity index (χ3n) is 6.35. The second-order valence-electron chi connectivity index (χ2n) is 8.29. The lowest BCUT2D eigenvalue weighted by atomic mass is 9.93. The largest absolute Gasteiger partial charge is 0.469 e. The highest BCUT2D eigenvalue weighted by Crippen LogP contribution is 2.25. The zero-order chi connectivity index (χ0) is 20.9. The summed E-state index contributed by atoms with van der Waals surface area (Å²) in [5.41, 5.74) is 1.54. The van der Waals surface area contributed by atoms with Crippen LogP contribution in [0.5, 0.6) is 0 Å². The molecule has 0 bridgehead atoms. The summed E-state index contributed by atoms with van der Waals surface area (Å²) in [5, 5.41) is 3.05. The van der Waals surface area contributed by atoms with Crippen molar-refractivity contribution >= 4 is 11.8 Å². The van der Waals surface area contributed by atoms with E-state index < -0.39 is 0 Å². The van der Waals surface area contributed by atoms with Gasteiger partial charge in [-0.15, -0.1) is 0 Å². The van der Waals surface area contributed by atoms with Gasteiger partial charge >= 0.3 is 0 Å². The van der Waals surface area contributed by atoms with Crippen molar-refractivity contribution in [1.29, 1.82) is 0 Å². The maximum Gasteiger partial charge on any atom is 0.257 e. The molecule has 2 aromatic heterocycles. The summed E-state index contributed by atoms with van der Waals surface area (Å²) < 4.78 is 5.28. The van der Waals surface area contributed by atoms with E-state index in [0.29, 0.717) is 23.9 Å². The van der Waals surface area contributed by atoms with E-state index >= 15 is 0 Å². The van der Waals surface area contributed by atoms with Gasteiger partial charge in [-0.25, -0.2) is 0 Å². The SMILES string of the molecule is Cc1occc1C(=O)N1CCC(N2CCCC(C(=O)NCc3ccccn3)C2)CC1. The number of piperidine rings is 2. The Kier molecular flexibility index (Phi) is 6.47. The van der Waals surface area contributed by atoms with Crippen LogP contribution in [0.2, 0.25) is 0 Å². The minimum absolute atomic E-state index is 0.0238. The Morgan fingerprint density at radius 1 is 1.17 bits per heavy atom. The third-order valence-corrected chi connectivity index (χ3v) is 6.35. The second-order valence-corrected chi connectivity index (χ2v) is 8.29. The Hall–Kier alpha value is -2.67. The molecule has 1 atom stereocenters. The molecule has 2 amide bonds. The number of aryl methyl sites for hydroxylation is 1. The number of likely N-dealkylation sites (tertiary alicyclic amines) is 2. The monoisotopic (exact) mass is 410 g/mol. The van der Waals surface area contributed by atoms with Crippen LogP contribution in [0.3, 0.4) is 0 Å². The van der Waals surface area contributed by atoms with E-state index in [4.69, 9.17) is 4.42 Å². The van der Waals surface area contributed by atoms with Crippen LogP contribution in [0, 0.1) is 12.8 Å². The summed E-state index contributed by atoms with van der Waals surface area (Å²) in [6.45, 7) is 5.64. The van der Waals surface area contributed by atoms with Crippen LogP contribution >= 0.6 is 0 Å². The highest BCUT2D eigenvalue weighted by molar-refractivity contribution is 5.95. The molecule has 2 aliphatic rings. The predicted octanol–water partition coefficient (Wildman–Crippen LogP) is 2.62. The molecule has 1 unspecified atom stereocenters. The smallest absolute Gasteiger partial charge is 0.257 e. The van der Waals surface area contributed by atoms with Crippen LogP contribution in [0.25, 0.3) is 0 Å². The zero-order valence-corrected chi connectivity index (χ0v) is 17.5. The number of furan rings is 1. The molecule has 0 radical (unpaired) electrons. The standard InChI is InChI=1S/C23H30N4O3/c1-17-21(9-14-30-17)23(29)26-12-7-20(8-13-26)27-11-4-5-18(16-27)22(28)25-15-19-6-2-3-10-24-19/h2-3,6,9-10,14,18,20H,4-5,7-8,11-13,15-16H2,1H3,(H,25,28). The van der Waals surface area contributed by atoms with E-state index in [1.54, 1.807) is 18.5 Å². The molecule has 0 aromatic carbocycles. The summed E-state index contributed by atoms with van der Waals surface area (Å²) in [5.74, 6) is 0.881. The van der Waals surface area contributed by atoms with Crippen molar-refractivity contribution in [2.75, 3.05) is 26.2 Å². The Labute approximate surface area is 177 Å². The number of nitrogens with one attached hydrogen (secondary N) is 1. The fourth-order valence-electron chi connectivity index (χ4n) is 4.59. The number of amides is 2. The number of pyridine rings is 1. The van der Waals surface area contributed by atoms with Crippen molar-refractivity contribution in [2.45, 2.75) is 45.2 Å². The molecule has 0 aliphatic carbocycles. The van der Waals surface area contributed by atoms with E-state index in [2.05, 4.69) is 15.2 Å². The number of aromatic nitrogens is 1. The maximum atomic E-state index is 12.7. The number of nitrogens with zero attached hydrogens (tertiary/aromatic N) is 3. The van der Waals surface area contributed by atoms with Gasteiger partial charge in [0.25, 0.3) is 5.91 Å². The van der Waals surface area contributed by atoms with Crippen LogP contribution in [0.4, 0.5) is 0 Å². The van der Waals surface area contributed by atoms with Gasteiger partial charge < -0.3 is 14.6 Å². The fourth-order valence-corrected chi connectivity index (χ4v) is 4.59. The van der Waals surface area contributed by atoms with E-state index in [1.165, 1.54) is 0 Å². The maximum absolute atomic E-state index is 12.7. The first-order valence-corrected chi connectivity index (χ1v) is 10.9. The molecule has 2 aliphatic heterocycles. The predicted molar refractivity (Wildman–Crippen MR) is 113 cm³/mol. The van der Waals surface area contributed by atoms with Crippen molar-refractivity contribution in [3.8, 4) is 0 Å². The Morgan fingerprint density at radius 3 is 2.70 bits per heavy atom. The molecular weight excluding hydrogens is 380 g/mol. The van der Waals surface area contributed by atoms with Crippen LogP contribution in [0.1, 0.15) is 47.5 Å². The van der Waals surface area contributed by atoms with Gasteiger partial charge in [0, 0.05) is 31.9 Å². The molecule has 0 saturated carbocycles. The minimum Gasteiger partial charge on any atom is -0.469 e. The lowest BCUT2D eigenvalue weighted by Gasteiger charge is -2.42. The molecule has 30 heavy (non-hydrogen) atoms. The average Bonchev–Trinajstić information content (AvgIpc) is 3.23. The van der Waals surface area contributed by atoms with Crippen LogP contribution in [0.15, 0.2) is 41.1 Å². The number of carbonyl (C=O) groups excluding carboxylic acids is 2. The second kappa shape index (κ2) is 9.43. The normalized spacial score (nSPS) is 20.8. The van der Waals surface area contributed by atoms with Gasteiger partial charge in [0.1, 0.15) is 5.76 Å². The van der Waals surface area contributed by atoms with E-state index in [9.17, 15) is 9.59 Å². The molecule has 2 saturated heterocycles. The summed E-state index contributed by atoms with van der Waals surface area (Å²) in [7, 11) is 0. The summed E-state index contributed by atoms with van der Waals surface area (Å²) >= 11 is 0. The quantitative estimate of drug-likeness (QED) is 0.820. The summed E-state index contributed by atoms with van der Waals surface area (Å²) in [6.07, 6.45) is 7.18. The molecule has 2 fully saturated rings. The lowest BCUT2D eigenvalue weighted by Crippen LogP contribution is -2.51. The van der Waals surface area contributed by atoms with Gasteiger partial charge in [0.15, 0.2) is 0 Å². The Balaban J connectivity index is 1.26. The number of rotatable bonds is 5. The summed E-state index contributed by atoms with van der Waals surface area (Å²) in [6, 6.07) is 7.92. The van der Waals surface area contributed by atoms with E-state index in [1.807, 2.05) is 30.0 Å². The van der Waals surface area contributed by atoms with Gasteiger partial charge in [-0.3, -0.25) is 19.5 Å². The highest BCUT2D eigenvalue weighted by Gasteiger charge is 2.33. The van der Waals surface area contributed by atoms with Gasteiger partial charge in [0.05, 0.1) is 30.0 Å². The van der Waals surface area contributed by atoms with Crippen molar-refractivity contribution in [3.63, 3.8) is 0 Å². The van der Waals surface area contributed by atoms with Crippen LogP contribution in [-0.4, -0.2) is 58.8 Å². The molecular formula is C23H30N4O3. The fraction of sp³-hybridized carbons (Fsp3) is 0.522. The topological polar surface area (TPSA) is 78.7 Å². The van der Waals surface area contributed by atoms with E-state index in [0.717, 1.165) is 57.6 Å². The Bertz CT molecular complexity index is 858. The van der Waals surface area contributed by atoms with Crippen LogP contribution < -0.4 is 5.32 Å². The first-order valence-electron chi connectivity index (χ1n) is 10.9. The lowest BCUT2D eigenvalue weighted by molar-refractivity contribution is -0.127. The molecule has 4 rings (SSSR count). The van der Waals surface area contributed by atoms with Crippen molar-refractivity contribution in [1.82, 2.24) is 20.1 Å². The molecule has 7 nitrogen and oxygen atoms in total. The van der Waals surface area contributed by atoms with Crippen LogP contribution in [-0.2, 0) is 11.3 Å². The molecule has 2 aromatic rings. The van der Waals surface area contributed by atoms with E-state index in [-0.39, 0.29) is 17.7 Å². The van der Waals surface area contributed by atoms with Crippen molar-refractivity contribution in [2.24, 2.45) is 5.92 Å².